The van der Waals surface area contributed by atoms with Gasteiger partial charge in [-0.15, -0.1) is 0 Å². The molecule has 0 spiro atoms. The van der Waals surface area contributed by atoms with Gasteiger partial charge in [-0.1, -0.05) is 12.8 Å². The van der Waals surface area contributed by atoms with Crippen LogP contribution in [0.1, 0.15) is 50.2 Å². The van der Waals surface area contributed by atoms with E-state index >= 15 is 0 Å². The fraction of sp³-hybridized carbons (Fsp3) is 0.552. The number of anilines is 1. The number of Topliss-reactive ketones (excluding diaryl/α,β-unsaturated/α-hetero) is 2. The molecule has 210 valence electrons. The van der Waals surface area contributed by atoms with Crippen LogP contribution in [0.25, 0.3) is 5.76 Å². The second-order valence-electron chi connectivity index (χ2n) is 12.2. The number of nitrogens with one attached hydrogen (secondary N) is 1. The van der Waals surface area contributed by atoms with Crippen molar-refractivity contribution in [2.75, 3.05) is 33.1 Å². The third kappa shape index (κ3) is 3.87. The molecule has 0 saturated heterocycles. The fourth-order valence-corrected chi connectivity index (χ4v) is 7.24. The van der Waals surface area contributed by atoms with E-state index in [1.165, 1.54) is 6.07 Å². The van der Waals surface area contributed by atoms with E-state index in [1.807, 2.05) is 25.9 Å². The molecule has 4 atom stereocenters. The number of carbonyl (C=O) groups excluding carboxylic acids is 3. The molecule has 0 heterocycles. The number of phenolic OH excluding ortho intramolecular Hbond substituents is 1. The molecule has 0 aromatic heterocycles. The van der Waals surface area contributed by atoms with Crippen molar-refractivity contribution in [1.82, 2.24) is 10.2 Å². The quantitative estimate of drug-likeness (QED) is 0.362. The summed E-state index contributed by atoms with van der Waals surface area (Å²) in [5, 5.41) is 48.2. The number of likely N-dealkylation sites (N-methyl/N-ethyl adjacent to an activating group) is 1. The first-order valence-corrected chi connectivity index (χ1v) is 13.4. The molecule has 2 saturated carbocycles. The van der Waals surface area contributed by atoms with Gasteiger partial charge in [0.2, 0.25) is 5.78 Å². The maximum atomic E-state index is 14.1. The summed E-state index contributed by atoms with van der Waals surface area (Å²) in [5.41, 5.74) is -2.39. The Balaban J connectivity index is 1.67. The molecule has 10 heteroatoms. The molecule has 1 amide bonds. The number of amides is 1. The van der Waals surface area contributed by atoms with Gasteiger partial charge in [0.25, 0.3) is 5.91 Å². The second-order valence-corrected chi connectivity index (χ2v) is 12.2. The number of ketones is 2. The van der Waals surface area contributed by atoms with Crippen molar-refractivity contribution in [3.63, 3.8) is 0 Å². The Morgan fingerprint density at radius 2 is 1.69 bits per heavy atom. The molecule has 5 N–H and O–H groups in total. The number of hydrogen-bond acceptors (Lipinski definition) is 9. The third-order valence-electron chi connectivity index (χ3n) is 9.16. The highest BCUT2D eigenvalue weighted by molar-refractivity contribution is 6.25. The Labute approximate surface area is 227 Å². The standard InChI is InChI=1S/C29H37N3O7/c1-28(10-6-7-11-28)30-27(38)21-24(35)22(32(4)5)16-13-14-12-15-17(31(2)3)8-9-18(33)20(15)23(34)19(14)25(36)29(16,39)26(21)37/h8-9,14,16,22,33-34,37,39H,6-7,10-13H2,1-5H3,(H,30,38). The molecule has 1 aromatic carbocycles. The van der Waals surface area contributed by atoms with E-state index in [0.29, 0.717) is 18.4 Å². The summed E-state index contributed by atoms with van der Waals surface area (Å²) in [5.74, 6) is -5.73. The Morgan fingerprint density at radius 1 is 1.05 bits per heavy atom. The van der Waals surface area contributed by atoms with Gasteiger partial charge in [0.15, 0.2) is 11.4 Å². The lowest BCUT2D eigenvalue weighted by atomic mass is 9.57. The maximum absolute atomic E-state index is 14.1. The van der Waals surface area contributed by atoms with Crippen LogP contribution < -0.4 is 10.2 Å². The van der Waals surface area contributed by atoms with E-state index in [4.69, 9.17) is 0 Å². The van der Waals surface area contributed by atoms with Gasteiger partial charge < -0.3 is 30.6 Å². The molecule has 0 aliphatic heterocycles. The monoisotopic (exact) mass is 539 g/mol. The molecule has 1 aromatic rings. The lowest BCUT2D eigenvalue weighted by molar-refractivity contribution is -0.153. The maximum Gasteiger partial charge on any atom is 0.258 e. The minimum absolute atomic E-state index is 0.0921. The minimum atomic E-state index is -2.60. The zero-order valence-corrected chi connectivity index (χ0v) is 23.0. The SMILES string of the molecule is CN(C)c1ccc(O)c2c1CC1CC3C(N(C)C)C(=O)C(C(=O)NC4(C)CCCC4)=C(O)C3(O)C(=O)C1=C2O. The molecule has 4 aliphatic rings. The number of hydrogen-bond donors (Lipinski definition) is 5. The van der Waals surface area contributed by atoms with Crippen LogP contribution in [0.3, 0.4) is 0 Å². The number of aliphatic hydroxyl groups excluding tert-OH is 2. The molecular weight excluding hydrogens is 502 g/mol. The summed E-state index contributed by atoms with van der Waals surface area (Å²) < 4.78 is 0. The minimum Gasteiger partial charge on any atom is -0.508 e. The van der Waals surface area contributed by atoms with Crippen molar-refractivity contribution in [2.45, 2.75) is 62.6 Å². The van der Waals surface area contributed by atoms with E-state index in [2.05, 4.69) is 5.32 Å². The predicted octanol–water partition coefficient (Wildman–Crippen LogP) is 1.99. The molecule has 2 fully saturated rings. The predicted molar refractivity (Wildman–Crippen MR) is 144 cm³/mol. The van der Waals surface area contributed by atoms with Gasteiger partial charge in [-0.3, -0.25) is 19.3 Å². The molecule has 4 unspecified atom stereocenters. The molecular formula is C29H37N3O7. The van der Waals surface area contributed by atoms with Gasteiger partial charge in [0.1, 0.15) is 22.8 Å². The normalized spacial score (nSPS) is 29.8. The lowest BCUT2D eigenvalue weighted by Crippen LogP contribution is -2.66. The molecule has 0 radical (unpaired) electrons. The highest BCUT2D eigenvalue weighted by Crippen LogP contribution is 2.53. The number of aliphatic hydroxyl groups is 3. The van der Waals surface area contributed by atoms with Gasteiger partial charge in [-0.2, -0.15) is 0 Å². The largest absolute Gasteiger partial charge is 0.508 e. The van der Waals surface area contributed by atoms with Crippen molar-refractivity contribution >= 4 is 28.9 Å². The van der Waals surface area contributed by atoms with Gasteiger partial charge in [0.05, 0.1) is 11.6 Å². The first-order valence-electron chi connectivity index (χ1n) is 13.4. The van der Waals surface area contributed by atoms with Crippen molar-refractivity contribution in [2.24, 2.45) is 11.8 Å². The molecule has 10 nitrogen and oxygen atoms in total. The van der Waals surface area contributed by atoms with Crippen LogP contribution in [-0.4, -0.2) is 88.2 Å². The molecule has 39 heavy (non-hydrogen) atoms. The van der Waals surface area contributed by atoms with Crippen LogP contribution in [0.4, 0.5) is 5.69 Å². The summed E-state index contributed by atoms with van der Waals surface area (Å²) in [6.45, 7) is 1.87. The highest BCUT2D eigenvalue weighted by Gasteiger charge is 2.64. The van der Waals surface area contributed by atoms with Gasteiger partial charge in [0, 0.05) is 36.8 Å². The van der Waals surface area contributed by atoms with Crippen molar-refractivity contribution in [1.29, 1.82) is 0 Å². The van der Waals surface area contributed by atoms with Crippen LogP contribution >= 0.6 is 0 Å². The van der Waals surface area contributed by atoms with Crippen molar-refractivity contribution in [3.8, 4) is 5.75 Å². The fourth-order valence-electron chi connectivity index (χ4n) is 7.24. The van der Waals surface area contributed by atoms with Crippen molar-refractivity contribution < 1.29 is 34.8 Å². The summed E-state index contributed by atoms with van der Waals surface area (Å²) in [4.78, 5) is 44.7. The van der Waals surface area contributed by atoms with E-state index in [9.17, 15) is 34.8 Å². The first kappa shape index (κ1) is 27.2. The molecule has 4 aliphatic carbocycles. The van der Waals surface area contributed by atoms with Crippen molar-refractivity contribution in [3.05, 3.63) is 40.2 Å². The number of phenols is 1. The third-order valence-corrected chi connectivity index (χ3v) is 9.16. The number of carbonyl (C=O) groups is 3. The molecule has 0 bridgehead atoms. The Morgan fingerprint density at radius 3 is 2.28 bits per heavy atom. The van der Waals surface area contributed by atoms with Crippen LogP contribution in [-0.2, 0) is 20.8 Å². The zero-order valence-electron chi connectivity index (χ0n) is 23.0. The van der Waals surface area contributed by atoms with Crippen LogP contribution in [0.15, 0.2) is 29.0 Å². The number of aromatic hydroxyl groups is 1. The highest BCUT2D eigenvalue weighted by atomic mass is 16.3. The Hall–Kier alpha value is -3.37. The van der Waals surface area contributed by atoms with E-state index in [1.54, 1.807) is 25.1 Å². The summed E-state index contributed by atoms with van der Waals surface area (Å²) >= 11 is 0. The van der Waals surface area contributed by atoms with E-state index in [-0.39, 0.29) is 29.7 Å². The Kier molecular flexibility index (Phi) is 6.34. The number of benzene rings is 1. The Bertz CT molecular complexity index is 1340. The summed E-state index contributed by atoms with van der Waals surface area (Å²) in [6.07, 6.45) is 3.63. The lowest BCUT2D eigenvalue weighted by Gasteiger charge is -2.50. The van der Waals surface area contributed by atoms with Crippen LogP contribution in [0, 0.1) is 11.8 Å². The van der Waals surface area contributed by atoms with E-state index in [0.717, 1.165) is 18.5 Å². The summed E-state index contributed by atoms with van der Waals surface area (Å²) in [7, 11) is 6.92. The smallest absolute Gasteiger partial charge is 0.258 e. The van der Waals surface area contributed by atoms with Gasteiger partial charge in [-0.05, 0) is 70.3 Å². The number of nitrogens with zero attached hydrogens (tertiary/aromatic N) is 2. The van der Waals surface area contributed by atoms with Crippen LogP contribution in [0.2, 0.25) is 0 Å². The number of fused-ring (bicyclic) bond motifs is 3. The van der Waals surface area contributed by atoms with Crippen LogP contribution in [0.5, 0.6) is 5.75 Å². The topological polar surface area (TPSA) is 151 Å². The average molecular weight is 540 g/mol. The van der Waals surface area contributed by atoms with E-state index < -0.39 is 63.6 Å². The van der Waals surface area contributed by atoms with Gasteiger partial charge in [-0.25, -0.2) is 0 Å². The first-order chi connectivity index (χ1) is 18.2. The number of rotatable bonds is 4. The summed E-state index contributed by atoms with van der Waals surface area (Å²) in [6, 6.07) is 2.10. The zero-order chi connectivity index (χ0) is 28.6. The van der Waals surface area contributed by atoms with Gasteiger partial charge >= 0.3 is 0 Å². The second kappa shape index (κ2) is 9.09. The molecule has 5 rings (SSSR count). The average Bonchev–Trinajstić information content (AvgIpc) is 3.26.